The lowest BCUT2D eigenvalue weighted by Gasteiger charge is -2.21. The van der Waals surface area contributed by atoms with Gasteiger partial charge in [-0.15, -0.1) is 23.5 Å². The number of fused-ring (bicyclic) bond motifs is 1. The third-order valence-electron chi connectivity index (χ3n) is 4.82. The summed E-state index contributed by atoms with van der Waals surface area (Å²) < 4.78 is 6.16. The summed E-state index contributed by atoms with van der Waals surface area (Å²) in [5, 5.41) is 13.6. The van der Waals surface area contributed by atoms with Crippen LogP contribution in [0.25, 0.3) is 10.9 Å². The molecule has 0 saturated heterocycles. The average molecular weight is 528 g/mol. The van der Waals surface area contributed by atoms with E-state index >= 15 is 0 Å². The van der Waals surface area contributed by atoms with Crippen LogP contribution in [0.3, 0.4) is 0 Å². The van der Waals surface area contributed by atoms with E-state index in [-0.39, 0.29) is 16.0 Å². The van der Waals surface area contributed by atoms with Gasteiger partial charge in [-0.05, 0) is 56.7 Å². The standard InChI is InChI=1S/C27H30ClN3O2S2/c1-27(2,3)31-25(32)12-15-35-26(34-14-5-13-29)20-6-4-7-23(16-20)33-18-22-11-9-19-8-10-21(28)17-24(19)30-22/h4,6-11,16-17,26H,5,12,14-15,18H2,1-3H3,(H,31,32). The molecule has 5 nitrogen and oxygen atoms in total. The lowest BCUT2D eigenvalue weighted by Crippen LogP contribution is -2.40. The van der Waals surface area contributed by atoms with Crippen LogP contribution < -0.4 is 10.1 Å². The van der Waals surface area contributed by atoms with E-state index in [1.165, 1.54) is 0 Å². The number of carbonyl (C=O) groups excluding carboxylic acids is 1. The molecule has 1 N–H and O–H groups in total. The van der Waals surface area contributed by atoms with Gasteiger partial charge >= 0.3 is 0 Å². The average Bonchev–Trinajstić information content (AvgIpc) is 2.80. The van der Waals surface area contributed by atoms with Crippen LogP contribution in [0.1, 0.15) is 49.5 Å². The molecule has 1 heterocycles. The maximum atomic E-state index is 12.2. The lowest BCUT2D eigenvalue weighted by molar-refractivity contribution is -0.122. The summed E-state index contributed by atoms with van der Waals surface area (Å²) in [4.78, 5) is 16.9. The van der Waals surface area contributed by atoms with Gasteiger partial charge in [0.2, 0.25) is 5.91 Å². The van der Waals surface area contributed by atoms with Crippen molar-refractivity contribution in [3.05, 3.63) is 70.9 Å². The molecule has 0 fully saturated rings. The molecule has 0 radical (unpaired) electrons. The highest BCUT2D eigenvalue weighted by molar-refractivity contribution is 8.16. The van der Waals surface area contributed by atoms with Gasteiger partial charge in [0.15, 0.2) is 0 Å². The molecule has 3 rings (SSSR count). The molecule has 0 spiro atoms. The zero-order valence-electron chi connectivity index (χ0n) is 20.2. The molecule has 0 saturated carbocycles. The van der Waals surface area contributed by atoms with Crippen LogP contribution in [0, 0.1) is 11.3 Å². The van der Waals surface area contributed by atoms with Crippen LogP contribution in [-0.2, 0) is 11.4 Å². The minimum absolute atomic E-state index is 0.0482. The fourth-order valence-electron chi connectivity index (χ4n) is 3.31. The zero-order chi connectivity index (χ0) is 25.3. The van der Waals surface area contributed by atoms with E-state index < -0.39 is 0 Å². The van der Waals surface area contributed by atoms with E-state index in [0.717, 1.165) is 33.7 Å². The Kier molecular flexibility index (Phi) is 10.1. The molecule has 2 aromatic carbocycles. The van der Waals surface area contributed by atoms with Crippen molar-refractivity contribution in [2.24, 2.45) is 0 Å². The second-order valence-corrected chi connectivity index (χ2v) is 12.2. The number of rotatable bonds is 11. The van der Waals surface area contributed by atoms with Crippen molar-refractivity contribution in [3.8, 4) is 11.8 Å². The van der Waals surface area contributed by atoms with Crippen molar-refractivity contribution in [1.82, 2.24) is 10.3 Å². The van der Waals surface area contributed by atoms with Crippen LogP contribution in [0.5, 0.6) is 5.75 Å². The number of benzene rings is 2. The predicted molar refractivity (Wildman–Crippen MR) is 148 cm³/mol. The molecular weight excluding hydrogens is 498 g/mol. The van der Waals surface area contributed by atoms with Crippen molar-refractivity contribution >= 4 is 51.9 Å². The fraction of sp³-hybridized carbons (Fsp3) is 0.370. The molecule has 184 valence electrons. The largest absolute Gasteiger partial charge is 0.487 e. The minimum Gasteiger partial charge on any atom is -0.487 e. The van der Waals surface area contributed by atoms with Gasteiger partial charge < -0.3 is 10.1 Å². The number of carbonyl (C=O) groups is 1. The third kappa shape index (κ3) is 9.29. The second-order valence-electron chi connectivity index (χ2n) is 9.03. The van der Waals surface area contributed by atoms with Gasteiger partial charge in [0.1, 0.15) is 12.4 Å². The number of aromatic nitrogens is 1. The number of ether oxygens (including phenoxy) is 1. The number of halogens is 1. The van der Waals surface area contributed by atoms with Crippen LogP contribution in [0.2, 0.25) is 5.02 Å². The first kappa shape index (κ1) is 27.2. The molecule has 0 aliphatic rings. The smallest absolute Gasteiger partial charge is 0.221 e. The Morgan fingerprint density at radius 2 is 1.91 bits per heavy atom. The quantitative estimate of drug-likeness (QED) is 0.211. The van der Waals surface area contributed by atoms with Gasteiger partial charge in [0.25, 0.3) is 0 Å². The second kappa shape index (κ2) is 13.1. The molecule has 0 bridgehead atoms. The van der Waals surface area contributed by atoms with E-state index in [2.05, 4.69) is 22.4 Å². The van der Waals surface area contributed by atoms with Crippen LogP contribution in [-0.4, -0.2) is 27.9 Å². The summed E-state index contributed by atoms with van der Waals surface area (Å²) in [6.07, 6.45) is 0.936. The van der Waals surface area contributed by atoms with Crippen molar-refractivity contribution < 1.29 is 9.53 Å². The molecular formula is C27H30ClN3O2S2. The number of amides is 1. The Morgan fingerprint density at radius 1 is 1.14 bits per heavy atom. The number of nitrogens with one attached hydrogen (secondary N) is 1. The molecule has 8 heteroatoms. The van der Waals surface area contributed by atoms with E-state index in [0.29, 0.717) is 30.2 Å². The highest BCUT2D eigenvalue weighted by atomic mass is 35.5. The van der Waals surface area contributed by atoms with Crippen LogP contribution in [0.15, 0.2) is 54.6 Å². The van der Waals surface area contributed by atoms with E-state index in [4.69, 9.17) is 21.6 Å². The zero-order valence-corrected chi connectivity index (χ0v) is 22.6. The van der Waals surface area contributed by atoms with Crippen LogP contribution in [0.4, 0.5) is 0 Å². The summed E-state index contributed by atoms with van der Waals surface area (Å²) in [7, 11) is 0. The Bertz CT molecular complexity index is 1190. The Morgan fingerprint density at radius 3 is 2.69 bits per heavy atom. The summed E-state index contributed by atoms with van der Waals surface area (Å²) >= 11 is 9.54. The molecule has 0 aliphatic carbocycles. The van der Waals surface area contributed by atoms with Gasteiger partial charge in [-0.2, -0.15) is 5.26 Å². The van der Waals surface area contributed by atoms with Gasteiger partial charge in [-0.1, -0.05) is 35.9 Å². The SMILES string of the molecule is CC(C)(C)NC(=O)CCSC(SCCC#N)c1cccc(OCc2ccc3ccc(Cl)cc3n2)c1. The first-order valence-corrected chi connectivity index (χ1v) is 13.9. The van der Waals surface area contributed by atoms with E-state index in [1.54, 1.807) is 23.5 Å². The summed E-state index contributed by atoms with van der Waals surface area (Å²) in [5.41, 5.74) is 2.53. The molecule has 1 unspecified atom stereocenters. The molecule has 1 aromatic heterocycles. The van der Waals surface area contributed by atoms with Crippen molar-refractivity contribution in [1.29, 1.82) is 5.26 Å². The van der Waals surface area contributed by atoms with Crippen molar-refractivity contribution in [2.75, 3.05) is 11.5 Å². The summed E-state index contributed by atoms with van der Waals surface area (Å²) in [6, 6.07) is 19.8. The maximum Gasteiger partial charge on any atom is 0.221 e. The van der Waals surface area contributed by atoms with Crippen molar-refractivity contribution in [3.63, 3.8) is 0 Å². The van der Waals surface area contributed by atoms with E-state index in [9.17, 15) is 4.79 Å². The summed E-state index contributed by atoms with van der Waals surface area (Å²) in [5.74, 6) is 2.23. The number of thioether (sulfide) groups is 2. The highest BCUT2D eigenvalue weighted by Crippen LogP contribution is 2.41. The topological polar surface area (TPSA) is 75.0 Å². The normalized spacial score (nSPS) is 12.2. The van der Waals surface area contributed by atoms with Crippen molar-refractivity contribution in [2.45, 2.75) is 50.3 Å². The van der Waals surface area contributed by atoms with Gasteiger partial charge in [0, 0.05) is 40.3 Å². The summed E-state index contributed by atoms with van der Waals surface area (Å²) in [6.45, 7) is 6.28. The fourth-order valence-corrected chi connectivity index (χ4v) is 6.06. The monoisotopic (exact) mass is 527 g/mol. The number of nitriles is 1. The first-order valence-electron chi connectivity index (χ1n) is 11.4. The third-order valence-corrected chi connectivity index (χ3v) is 7.91. The highest BCUT2D eigenvalue weighted by Gasteiger charge is 2.17. The van der Waals surface area contributed by atoms with Gasteiger partial charge in [0.05, 0.1) is 21.9 Å². The Labute approximate surface area is 221 Å². The molecule has 1 atom stereocenters. The van der Waals surface area contributed by atoms with Gasteiger partial charge in [-0.3, -0.25) is 4.79 Å². The molecule has 3 aromatic rings. The maximum absolute atomic E-state index is 12.2. The van der Waals surface area contributed by atoms with Gasteiger partial charge in [-0.25, -0.2) is 4.98 Å². The Hall–Kier alpha value is -2.40. The lowest BCUT2D eigenvalue weighted by atomic mass is 10.1. The first-order chi connectivity index (χ1) is 16.7. The molecule has 0 aliphatic heterocycles. The number of nitrogens with zero attached hydrogens (tertiary/aromatic N) is 2. The predicted octanol–water partition coefficient (Wildman–Crippen LogP) is 7.15. The minimum atomic E-state index is -0.236. The number of hydrogen-bond donors (Lipinski definition) is 1. The Balaban J connectivity index is 1.64. The number of hydrogen-bond acceptors (Lipinski definition) is 6. The van der Waals surface area contributed by atoms with Crippen LogP contribution >= 0.6 is 35.1 Å². The number of pyridine rings is 1. The molecule has 35 heavy (non-hydrogen) atoms. The molecule has 1 amide bonds. The van der Waals surface area contributed by atoms with E-state index in [1.807, 2.05) is 69.3 Å².